The SMILES string of the molecule is CCC1CCC(C(F)(F)F)N1C(=O)OC. The van der Waals surface area contributed by atoms with Crippen LogP contribution in [0.3, 0.4) is 0 Å². The van der Waals surface area contributed by atoms with Crippen molar-refractivity contribution >= 4 is 6.09 Å². The molecule has 6 heteroatoms. The second-order valence-electron chi connectivity index (χ2n) is 3.57. The minimum atomic E-state index is -4.36. The van der Waals surface area contributed by atoms with E-state index < -0.39 is 18.3 Å². The van der Waals surface area contributed by atoms with Crippen molar-refractivity contribution in [3.8, 4) is 0 Å². The van der Waals surface area contributed by atoms with Crippen molar-refractivity contribution in [2.45, 2.75) is 44.4 Å². The second-order valence-corrected chi connectivity index (χ2v) is 3.57. The van der Waals surface area contributed by atoms with E-state index in [0.29, 0.717) is 12.8 Å². The van der Waals surface area contributed by atoms with Crippen LogP contribution < -0.4 is 0 Å². The summed E-state index contributed by atoms with van der Waals surface area (Å²) < 4.78 is 42.1. The number of likely N-dealkylation sites (tertiary alicyclic amines) is 1. The number of halogens is 3. The summed E-state index contributed by atoms with van der Waals surface area (Å²) in [6.07, 6.45) is -4.38. The van der Waals surface area contributed by atoms with Gasteiger partial charge in [-0.25, -0.2) is 4.79 Å². The van der Waals surface area contributed by atoms with Gasteiger partial charge in [-0.2, -0.15) is 13.2 Å². The Kier molecular flexibility index (Phi) is 3.46. The molecule has 0 aliphatic carbocycles. The lowest BCUT2D eigenvalue weighted by atomic mass is 10.1. The molecule has 0 aromatic heterocycles. The van der Waals surface area contributed by atoms with Crippen molar-refractivity contribution in [1.29, 1.82) is 0 Å². The maximum absolute atomic E-state index is 12.6. The van der Waals surface area contributed by atoms with Crippen LogP contribution in [-0.2, 0) is 4.74 Å². The van der Waals surface area contributed by atoms with Gasteiger partial charge in [0, 0.05) is 6.04 Å². The molecule has 1 aliphatic rings. The number of carbonyl (C=O) groups excluding carboxylic acids is 1. The molecule has 1 saturated heterocycles. The fourth-order valence-electron chi connectivity index (χ4n) is 1.99. The highest BCUT2D eigenvalue weighted by Crippen LogP contribution is 2.37. The van der Waals surface area contributed by atoms with Crippen LogP contribution in [0.4, 0.5) is 18.0 Å². The Balaban J connectivity index is 2.86. The summed E-state index contributed by atoms with van der Waals surface area (Å²) in [6.45, 7) is 1.76. The third-order valence-corrected chi connectivity index (χ3v) is 2.74. The lowest BCUT2D eigenvalue weighted by Gasteiger charge is -2.29. The Morgan fingerprint density at radius 1 is 1.47 bits per heavy atom. The van der Waals surface area contributed by atoms with Crippen LogP contribution in [0.15, 0.2) is 0 Å². The molecule has 1 fully saturated rings. The Morgan fingerprint density at radius 3 is 2.47 bits per heavy atom. The number of alkyl halides is 3. The number of amides is 1. The van der Waals surface area contributed by atoms with Crippen molar-refractivity contribution in [3.63, 3.8) is 0 Å². The average molecular weight is 225 g/mol. The number of hydrogen-bond donors (Lipinski definition) is 0. The summed E-state index contributed by atoms with van der Waals surface area (Å²) in [7, 11) is 1.10. The molecule has 1 aliphatic heterocycles. The highest BCUT2D eigenvalue weighted by atomic mass is 19.4. The first-order chi connectivity index (χ1) is 6.91. The van der Waals surface area contributed by atoms with Gasteiger partial charge < -0.3 is 4.74 Å². The number of hydrogen-bond acceptors (Lipinski definition) is 2. The highest BCUT2D eigenvalue weighted by Gasteiger charge is 2.51. The first-order valence-electron chi connectivity index (χ1n) is 4.84. The van der Waals surface area contributed by atoms with Gasteiger partial charge in [0.2, 0.25) is 0 Å². The minimum absolute atomic E-state index is 0.0306. The van der Waals surface area contributed by atoms with Crippen molar-refractivity contribution in [2.75, 3.05) is 7.11 Å². The third kappa shape index (κ3) is 2.35. The molecular weight excluding hydrogens is 211 g/mol. The van der Waals surface area contributed by atoms with Crippen molar-refractivity contribution in [1.82, 2.24) is 4.90 Å². The lowest BCUT2D eigenvalue weighted by Crippen LogP contribution is -2.47. The largest absolute Gasteiger partial charge is 0.453 e. The summed E-state index contributed by atoms with van der Waals surface area (Å²) in [6, 6.07) is -2.04. The third-order valence-electron chi connectivity index (χ3n) is 2.74. The van der Waals surface area contributed by atoms with E-state index in [0.717, 1.165) is 12.0 Å². The van der Waals surface area contributed by atoms with Crippen LogP contribution in [0.5, 0.6) is 0 Å². The van der Waals surface area contributed by atoms with Crippen molar-refractivity contribution < 1.29 is 22.7 Å². The van der Waals surface area contributed by atoms with Crippen LogP contribution in [-0.4, -0.2) is 36.4 Å². The molecule has 0 aromatic rings. The van der Waals surface area contributed by atoms with E-state index in [1.54, 1.807) is 6.92 Å². The normalized spacial score (nSPS) is 26.9. The van der Waals surface area contributed by atoms with Gasteiger partial charge in [-0.3, -0.25) is 4.90 Å². The van der Waals surface area contributed by atoms with E-state index in [4.69, 9.17) is 0 Å². The Morgan fingerprint density at radius 2 is 2.07 bits per heavy atom. The summed E-state index contributed by atoms with van der Waals surface area (Å²) in [5.74, 6) is 0. The predicted molar refractivity (Wildman–Crippen MR) is 47.4 cm³/mol. The lowest BCUT2D eigenvalue weighted by molar-refractivity contribution is -0.174. The minimum Gasteiger partial charge on any atom is -0.453 e. The maximum atomic E-state index is 12.6. The van der Waals surface area contributed by atoms with Gasteiger partial charge in [-0.1, -0.05) is 6.92 Å². The molecule has 2 unspecified atom stereocenters. The summed E-state index contributed by atoms with van der Waals surface area (Å²) in [5, 5.41) is 0. The van der Waals surface area contributed by atoms with Gasteiger partial charge in [0.15, 0.2) is 0 Å². The topological polar surface area (TPSA) is 29.5 Å². The monoisotopic (exact) mass is 225 g/mol. The molecule has 88 valence electrons. The number of rotatable bonds is 1. The molecule has 1 amide bonds. The van der Waals surface area contributed by atoms with Crippen molar-refractivity contribution in [2.24, 2.45) is 0 Å². The molecule has 0 spiro atoms. The summed E-state index contributed by atoms with van der Waals surface area (Å²) >= 11 is 0. The molecule has 0 aromatic carbocycles. The van der Waals surface area contributed by atoms with E-state index in [-0.39, 0.29) is 12.5 Å². The predicted octanol–water partition coefficient (Wildman–Crippen LogP) is 2.56. The standard InChI is InChI=1S/C9H14F3NO2/c1-3-6-4-5-7(9(10,11)12)13(6)8(14)15-2/h6-7H,3-5H2,1-2H3. The van der Waals surface area contributed by atoms with E-state index in [1.807, 2.05) is 0 Å². The zero-order chi connectivity index (χ0) is 11.6. The maximum Gasteiger partial charge on any atom is 0.410 e. The van der Waals surface area contributed by atoms with Crippen molar-refractivity contribution in [3.05, 3.63) is 0 Å². The molecule has 1 rings (SSSR count). The van der Waals surface area contributed by atoms with Gasteiger partial charge in [-0.05, 0) is 19.3 Å². The van der Waals surface area contributed by atoms with E-state index in [9.17, 15) is 18.0 Å². The molecule has 1 heterocycles. The van der Waals surface area contributed by atoms with Crippen LogP contribution in [0.25, 0.3) is 0 Å². The second kappa shape index (κ2) is 4.28. The number of carbonyl (C=O) groups is 1. The molecule has 15 heavy (non-hydrogen) atoms. The Hall–Kier alpha value is -0.940. The zero-order valence-corrected chi connectivity index (χ0v) is 8.67. The zero-order valence-electron chi connectivity index (χ0n) is 8.67. The van der Waals surface area contributed by atoms with Gasteiger partial charge >= 0.3 is 12.3 Å². The van der Waals surface area contributed by atoms with E-state index in [1.165, 1.54) is 0 Å². The Labute approximate surface area is 86.2 Å². The fraction of sp³-hybridized carbons (Fsp3) is 0.889. The van der Waals surface area contributed by atoms with Crippen LogP contribution in [0.1, 0.15) is 26.2 Å². The van der Waals surface area contributed by atoms with Crippen LogP contribution in [0.2, 0.25) is 0 Å². The van der Waals surface area contributed by atoms with E-state index in [2.05, 4.69) is 4.74 Å². The first kappa shape index (κ1) is 12.1. The summed E-state index contributed by atoms with van der Waals surface area (Å²) in [5.41, 5.74) is 0. The van der Waals surface area contributed by atoms with Crippen LogP contribution >= 0.6 is 0 Å². The van der Waals surface area contributed by atoms with Gasteiger partial charge in [0.05, 0.1) is 7.11 Å². The fourth-order valence-corrected chi connectivity index (χ4v) is 1.99. The van der Waals surface area contributed by atoms with Gasteiger partial charge in [0.1, 0.15) is 6.04 Å². The van der Waals surface area contributed by atoms with Crippen LogP contribution in [0, 0.1) is 0 Å². The number of ether oxygens (including phenoxy) is 1. The number of methoxy groups -OCH3 is 1. The molecule has 0 bridgehead atoms. The highest BCUT2D eigenvalue weighted by molar-refractivity contribution is 5.68. The Bertz CT molecular complexity index is 242. The van der Waals surface area contributed by atoms with E-state index >= 15 is 0 Å². The molecule has 0 saturated carbocycles. The average Bonchev–Trinajstić information content (AvgIpc) is 2.59. The summed E-state index contributed by atoms with van der Waals surface area (Å²) in [4.78, 5) is 12.1. The molecular formula is C9H14F3NO2. The van der Waals surface area contributed by atoms with Gasteiger partial charge in [0.25, 0.3) is 0 Å². The molecule has 0 N–H and O–H groups in total. The molecule has 3 nitrogen and oxygen atoms in total. The van der Waals surface area contributed by atoms with Gasteiger partial charge in [-0.15, -0.1) is 0 Å². The smallest absolute Gasteiger partial charge is 0.410 e. The number of nitrogens with zero attached hydrogens (tertiary/aromatic N) is 1. The quantitative estimate of drug-likeness (QED) is 0.686. The molecule has 0 radical (unpaired) electrons. The molecule has 2 atom stereocenters. The first-order valence-corrected chi connectivity index (χ1v) is 4.84.